The minimum Gasteiger partial charge on any atom is -0.454 e. The number of hydrogen-bond acceptors (Lipinski definition) is 6. The zero-order chi connectivity index (χ0) is 23.0. The summed E-state index contributed by atoms with van der Waals surface area (Å²) in [5.41, 5.74) is 1.09. The Balaban J connectivity index is 1.10. The first-order valence-corrected chi connectivity index (χ1v) is 12.8. The standard InChI is InChI=1S/C24H26N2O6S/c27-23(8-13-33(29,30)18-4-2-1-3-5-18)25-9-11-26(12-10-25)24(28)20-15-19(20)17-6-7-21-22(14-17)32-16-31-21/h1-7,14,19-20H,8-13,15-16H2/t19-,20-/m0/s1. The van der Waals surface area contributed by atoms with E-state index in [2.05, 4.69) is 0 Å². The number of fused-ring (bicyclic) bond motifs is 1. The van der Waals surface area contributed by atoms with Gasteiger partial charge in [0.25, 0.3) is 0 Å². The number of sulfone groups is 1. The Morgan fingerprint density at radius 3 is 2.36 bits per heavy atom. The van der Waals surface area contributed by atoms with Gasteiger partial charge in [0.15, 0.2) is 21.3 Å². The van der Waals surface area contributed by atoms with Crippen LogP contribution in [0, 0.1) is 5.92 Å². The van der Waals surface area contributed by atoms with Crippen LogP contribution in [0.4, 0.5) is 0 Å². The molecule has 1 saturated carbocycles. The van der Waals surface area contributed by atoms with E-state index in [1.807, 2.05) is 23.1 Å². The molecule has 2 aliphatic heterocycles. The minimum atomic E-state index is -3.49. The molecule has 0 aromatic heterocycles. The van der Waals surface area contributed by atoms with Crippen LogP contribution in [-0.2, 0) is 19.4 Å². The summed E-state index contributed by atoms with van der Waals surface area (Å²) < 4.78 is 35.6. The summed E-state index contributed by atoms with van der Waals surface area (Å²) >= 11 is 0. The second kappa shape index (κ2) is 8.70. The second-order valence-corrected chi connectivity index (χ2v) is 10.8. The van der Waals surface area contributed by atoms with E-state index in [4.69, 9.17) is 9.47 Å². The number of rotatable bonds is 6. The van der Waals surface area contributed by atoms with Crippen molar-refractivity contribution in [3.63, 3.8) is 0 Å². The average Bonchev–Trinajstić information content (AvgIpc) is 3.51. The van der Waals surface area contributed by atoms with E-state index in [-0.39, 0.29) is 47.5 Å². The predicted octanol–water partition coefficient (Wildman–Crippen LogP) is 2.05. The normalized spacial score (nSPS) is 21.7. The second-order valence-electron chi connectivity index (χ2n) is 8.65. The molecule has 8 nitrogen and oxygen atoms in total. The first-order valence-electron chi connectivity index (χ1n) is 11.2. The molecule has 5 rings (SSSR count). The van der Waals surface area contributed by atoms with Gasteiger partial charge in [-0.25, -0.2) is 8.42 Å². The molecule has 0 N–H and O–H groups in total. The minimum absolute atomic E-state index is 0.0383. The molecule has 9 heteroatoms. The molecule has 1 saturated heterocycles. The zero-order valence-electron chi connectivity index (χ0n) is 18.2. The van der Waals surface area contributed by atoms with Crippen LogP contribution in [-0.4, -0.2) is 68.8 Å². The Kier molecular flexibility index (Phi) is 5.74. The van der Waals surface area contributed by atoms with Crippen LogP contribution in [0.3, 0.4) is 0 Å². The van der Waals surface area contributed by atoms with Gasteiger partial charge in [0, 0.05) is 38.5 Å². The average molecular weight is 471 g/mol. The molecule has 0 radical (unpaired) electrons. The third-order valence-corrected chi connectivity index (χ3v) is 8.30. The predicted molar refractivity (Wildman–Crippen MR) is 120 cm³/mol. The lowest BCUT2D eigenvalue weighted by atomic mass is 10.1. The third-order valence-electron chi connectivity index (χ3n) is 6.56. The van der Waals surface area contributed by atoms with Crippen LogP contribution in [0.25, 0.3) is 0 Å². The molecular formula is C24H26N2O6S. The van der Waals surface area contributed by atoms with Crippen molar-refractivity contribution in [3.8, 4) is 11.5 Å². The topological polar surface area (TPSA) is 93.2 Å². The molecule has 174 valence electrons. The van der Waals surface area contributed by atoms with Gasteiger partial charge in [-0.05, 0) is 42.2 Å². The summed E-state index contributed by atoms with van der Waals surface area (Å²) in [5, 5.41) is 0. The summed E-state index contributed by atoms with van der Waals surface area (Å²) in [6.07, 6.45) is 0.759. The Hall–Kier alpha value is -3.07. The van der Waals surface area contributed by atoms with Gasteiger partial charge >= 0.3 is 0 Å². The van der Waals surface area contributed by atoms with Crippen molar-refractivity contribution >= 4 is 21.7 Å². The monoisotopic (exact) mass is 470 g/mol. The number of carbonyl (C=O) groups is 2. The Bertz CT molecular complexity index is 1160. The van der Waals surface area contributed by atoms with Crippen molar-refractivity contribution in [1.82, 2.24) is 9.80 Å². The summed E-state index contributed by atoms with van der Waals surface area (Å²) in [6, 6.07) is 14.0. The summed E-state index contributed by atoms with van der Waals surface area (Å²) in [4.78, 5) is 29.2. The Morgan fingerprint density at radius 1 is 0.909 bits per heavy atom. The van der Waals surface area contributed by atoms with Crippen molar-refractivity contribution in [2.75, 3.05) is 38.7 Å². The number of benzene rings is 2. The SMILES string of the molecule is O=C(CCS(=O)(=O)c1ccccc1)N1CCN(C(=O)[C@H]2C[C@H]2c2ccc3c(c2)OCO3)CC1. The lowest BCUT2D eigenvalue weighted by Crippen LogP contribution is -2.51. The molecule has 2 aromatic carbocycles. The van der Waals surface area contributed by atoms with Gasteiger partial charge in [0.2, 0.25) is 18.6 Å². The van der Waals surface area contributed by atoms with E-state index >= 15 is 0 Å². The van der Waals surface area contributed by atoms with Gasteiger partial charge in [-0.3, -0.25) is 9.59 Å². The number of hydrogen-bond donors (Lipinski definition) is 0. The van der Waals surface area contributed by atoms with Crippen LogP contribution < -0.4 is 9.47 Å². The van der Waals surface area contributed by atoms with E-state index in [1.54, 1.807) is 35.2 Å². The first-order chi connectivity index (χ1) is 15.9. The molecule has 2 aromatic rings. The highest BCUT2D eigenvalue weighted by molar-refractivity contribution is 7.91. The fraction of sp³-hybridized carbons (Fsp3) is 0.417. The number of amides is 2. The van der Waals surface area contributed by atoms with E-state index in [9.17, 15) is 18.0 Å². The van der Waals surface area contributed by atoms with E-state index < -0.39 is 9.84 Å². The fourth-order valence-corrected chi connectivity index (χ4v) is 5.77. The van der Waals surface area contributed by atoms with Crippen LogP contribution in [0.2, 0.25) is 0 Å². The van der Waals surface area contributed by atoms with Crippen LogP contribution >= 0.6 is 0 Å². The molecule has 2 fully saturated rings. The quantitative estimate of drug-likeness (QED) is 0.642. The molecule has 0 spiro atoms. The fourth-order valence-electron chi connectivity index (χ4n) is 4.52. The number of piperazine rings is 1. The van der Waals surface area contributed by atoms with Gasteiger partial charge < -0.3 is 19.3 Å². The van der Waals surface area contributed by atoms with Crippen LogP contribution in [0.1, 0.15) is 24.3 Å². The maximum absolute atomic E-state index is 13.0. The molecule has 33 heavy (non-hydrogen) atoms. The maximum atomic E-state index is 13.0. The molecular weight excluding hydrogens is 444 g/mol. The number of carbonyl (C=O) groups excluding carboxylic acids is 2. The highest BCUT2D eigenvalue weighted by atomic mass is 32.2. The molecule has 0 unspecified atom stereocenters. The van der Waals surface area contributed by atoms with E-state index in [0.29, 0.717) is 26.2 Å². The van der Waals surface area contributed by atoms with Crippen molar-refractivity contribution in [3.05, 3.63) is 54.1 Å². The maximum Gasteiger partial charge on any atom is 0.231 e. The van der Waals surface area contributed by atoms with Gasteiger partial charge in [-0.2, -0.15) is 0 Å². The molecule has 2 heterocycles. The van der Waals surface area contributed by atoms with Crippen molar-refractivity contribution in [1.29, 1.82) is 0 Å². The number of nitrogens with zero attached hydrogens (tertiary/aromatic N) is 2. The lowest BCUT2D eigenvalue weighted by Gasteiger charge is -2.35. The van der Waals surface area contributed by atoms with Gasteiger partial charge in [0.1, 0.15) is 0 Å². The molecule has 2 amide bonds. The molecule has 0 bridgehead atoms. The molecule has 2 atom stereocenters. The molecule has 1 aliphatic carbocycles. The third kappa shape index (κ3) is 4.55. The van der Waals surface area contributed by atoms with Gasteiger partial charge in [0.05, 0.1) is 10.6 Å². The van der Waals surface area contributed by atoms with Crippen LogP contribution in [0.5, 0.6) is 11.5 Å². The number of ether oxygens (including phenoxy) is 2. The van der Waals surface area contributed by atoms with E-state index in [0.717, 1.165) is 23.5 Å². The highest BCUT2D eigenvalue weighted by Crippen LogP contribution is 2.50. The zero-order valence-corrected chi connectivity index (χ0v) is 19.0. The Morgan fingerprint density at radius 2 is 1.61 bits per heavy atom. The largest absolute Gasteiger partial charge is 0.454 e. The highest BCUT2D eigenvalue weighted by Gasteiger charge is 2.46. The Labute approximate surface area is 193 Å². The van der Waals surface area contributed by atoms with Crippen molar-refractivity contribution in [2.24, 2.45) is 5.92 Å². The van der Waals surface area contributed by atoms with Gasteiger partial charge in [-0.1, -0.05) is 24.3 Å². The van der Waals surface area contributed by atoms with E-state index in [1.165, 1.54) is 0 Å². The lowest BCUT2D eigenvalue weighted by molar-refractivity contribution is -0.140. The van der Waals surface area contributed by atoms with Crippen molar-refractivity contribution in [2.45, 2.75) is 23.7 Å². The summed E-state index contributed by atoms with van der Waals surface area (Å²) in [5.74, 6) is 1.33. The van der Waals surface area contributed by atoms with Gasteiger partial charge in [-0.15, -0.1) is 0 Å². The van der Waals surface area contributed by atoms with Crippen LogP contribution in [0.15, 0.2) is 53.4 Å². The van der Waals surface area contributed by atoms with Crippen molar-refractivity contribution < 1.29 is 27.5 Å². The smallest absolute Gasteiger partial charge is 0.231 e. The molecule has 3 aliphatic rings. The summed E-state index contributed by atoms with van der Waals surface area (Å²) in [6.45, 7) is 2.03. The summed E-state index contributed by atoms with van der Waals surface area (Å²) in [7, 11) is -3.49. The first kappa shape index (κ1) is 21.8.